The van der Waals surface area contributed by atoms with E-state index in [-0.39, 0.29) is 37.3 Å². The van der Waals surface area contributed by atoms with Gasteiger partial charge in [-0.05, 0) is 30.7 Å². The maximum Gasteiger partial charge on any atom is 0.338 e. The Balaban J connectivity index is 1.23. The average molecular weight is 805 g/mol. The molecule has 0 bridgehead atoms. The van der Waals surface area contributed by atoms with Crippen LogP contribution in [0.1, 0.15) is 40.4 Å². The third kappa shape index (κ3) is 9.54. The van der Waals surface area contributed by atoms with Crippen LogP contribution in [0, 0.1) is 0 Å². The number of aliphatic hydroxyl groups is 6. The standard InChI is InChI=1S/C42H48N2O14/c1-24(47)33(39(52)43-17-18-45)44-38(51)27-21-30(37-31(22-27)57-42(58-37,28-13-4-2-5-14-28)29-15-6-3-7-16-29)55-40(53)26-12-8-10-25(20-26)11-9-19-54-41-36(50)35(49)34(48)32(23-46)56-41/h2-16,20,22,24,30-37,41,45-50H,17-19,21,23H2,1H3,(H,43,52)(H,44,51). The van der Waals surface area contributed by atoms with Crippen molar-refractivity contribution >= 4 is 23.9 Å². The van der Waals surface area contributed by atoms with Gasteiger partial charge in [-0.3, -0.25) is 9.59 Å². The van der Waals surface area contributed by atoms with Crippen LogP contribution in [0.15, 0.2) is 103 Å². The minimum absolute atomic E-state index is 0.0818. The molecule has 3 aromatic carbocycles. The lowest BCUT2D eigenvalue weighted by molar-refractivity contribution is -0.298. The number of ether oxygens (including phenoxy) is 5. The predicted octanol–water partition coefficient (Wildman–Crippen LogP) is 0.0312. The molecule has 6 rings (SSSR count). The summed E-state index contributed by atoms with van der Waals surface area (Å²) in [6.45, 7) is 0.236. The zero-order valence-corrected chi connectivity index (χ0v) is 31.6. The fraction of sp³-hybridized carbons (Fsp3) is 0.405. The van der Waals surface area contributed by atoms with Crippen molar-refractivity contribution in [2.75, 3.05) is 26.4 Å². The van der Waals surface area contributed by atoms with Crippen LogP contribution in [0.3, 0.4) is 0 Å². The van der Waals surface area contributed by atoms with Crippen molar-refractivity contribution in [1.29, 1.82) is 0 Å². The lowest BCUT2D eigenvalue weighted by Gasteiger charge is -2.39. The number of rotatable bonds is 15. The number of nitrogens with one attached hydrogen (secondary N) is 2. The van der Waals surface area contributed by atoms with Crippen LogP contribution in [-0.4, -0.2) is 136 Å². The number of carbonyl (C=O) groups excluding carboxylic acids is 3. The normalized spacial score (nSPS) is 27.5. The maximum atomic E-state index is 13.9. The van der Waals surface area contributed by atoms with E-state index in [1.165, 1.54) is 6.92 Å². The highest BCUT2D eigenvalue weighted by Gasteiger charge is 2.55. The fourth-order valence-electron chi connectivity index (χ4n) is 7.03. The van der Waals surface area contributed by atoms with Crippen molar-refractivity contribution in [3.8, 4) is 0 Å². The van der Waals surface area contributed by atoms with Crippen molar-refractivity contribution in [1.82, 2.24) is 10.6 Å². The molecule has 0 radical (unpaired) electrons. The maximum absolute atomic E-state index is 13.9. The second-order valence-corrected chi connectivity index (χ2v) is 14.1. The molecule has 2 amide bonds. The summed E-state index contributed by atoms with van der Waals surface area (Å²) in [4.78, 5) is 40.4. The van der Waals surface area contributed by atoms with Crippen molar-refractivity contribution in [2.24, 2.45) is 0 Å². The van der Waals surface area contributed by atoms with Crippen LogP contribution in [-0.2, 0) is 39.1 Å². The SMILES string of the molecule is CC(O)C(NC(=O)C1=CC2OC(c3ccccc3)(c3ccccc3)OC2C(OC(=O)c2cccc(C=CCOC3OC(CO)C(O)C(O)C3O)c2)C1)C(=O)NCCO. The third-order valence-electron chi connectivity index (χ3n) is 10.0. The van der Waals surface area contributed by atoms with Gasteiger partial charge in [0.2, 0.25) is 17.6 Å². The quantitative estimate of drug-likeness (QED) is 0.0947. The number of fused-ring (bicyclic) bond motifs is 1. The Bertz CT molecular complexity index is 1880. The highest BCUT2D eigenvalue weighted by Crippen LogP contribution is 2.47. The first-order chi connectivity index (χ1) is 27.9. The van der Waals surface area contributed by atoms with Crippen LogP contribution in [0.5, 0.6) is 0 Å². The van der Waals surface area contributed by atoms with E-state index in [0.29, 0.717) is 16.7 Å². The van der Waals surface area contributed by atoms with Gasteiger partial charge < -0.3 is 65.0 Å². The zero-order valence-electron chi connectivity index (χ0n) is 31.6. The third-order valence-corrected chi connectivity index (χ3v) is 10.0. The molecular weight excluding hydrogens is 756 g/mol. The molecule has 2 fully saturated rings. The Hall–Kier alpha value is -4.85. The molecule has 0 aromatic heterocycles. The summed E-state index contributed by atoms with van der Waals surface area (Å²) in [5, 5.41) is 64.2. The van der Waals surface area contributed by atoms with Crippen LogP contribution >= 0.6 is 0 Å². The summed E-state index contributed by atoms with van der Waals surface area (Å²) in [5.74, 6) is -3.59. The van der Waals surface area contributed by atoms with Gasteiger partial charge in [-0.25, -0.2) is 4.79 Å². The minimum atomic E-state index is -1.58. The monoisotopic (exact) mass is 804 g/mol. The molecule has 0 saturated carbocycles. The van der Waals surface area contributed by atoms with E-state index in [1.807, 2.05) is 60.7 Å². The highest BCUT2D eigenvalue weighted by atomic mass is 16.8. The number of esters is 1. The summed E-state index contributed by atoms with van der Waals surface area (Å²) in [7, 11) is 0. The molecule has 58 heavy (non-hydrogen) atoms. The van der Waals surface area contributed by atoms with Crippen molar-refractivity contribution in [3.63, 3.8) is 0 Å². The lowest BCUT2D eigenvalue weighted by atomic mass is 9.91. The van der Waals surface area contributed by atoms with Gasteiger partial charge in [0.25, 0.3) is 0 Å². The van der Waals surface area contributed by atoms with Gasteiger partial charge in [0.15, 0.2) is 6.29 Å². The lowest BCUT2D eigenvalue weighted by Crippen LogP contribution is -2.59. The van der Waals surface area contributed by atoms with E-state index in [1.54, 1.807) is 42.5 Å². The van der Waals surface area contributed by atoms with E-state index in [0.717, 1.165) is 0 Å². The Kier molecular flexibility index (Phi) is 14.2. The van der Waals surface area contributed by atoms with Gasteiger partial charge in [-0.1, -0.05) is 84.9 Å². The van der Waals surface area contributed by atoms with Gasteiger partial charge in [0, 0.05) is 29.7 Å². The molecule has 10 atom stereocenters. The molecule has 3 aliphatic rings. The highest BCUT2D eigenvalue weighted by molar-refractivity contribution is 5.97. The Morgan fingerprint density at radius 1 is 0.914 bits per heavy atom. The smallest absolute Gasteiger partial charge is 0.338 e. The summed E-state index contributed by atoms with van der Waals surface area (Å²) in [5.41, 5.74) is 2.18. The summed E-state index contributed by atoms with van der Waals surface area (Å²) in [6, 6.07) is 23.5. The molecule has 310 valence electrons. The minimum Gasteiger partial charge on any atom is -0.456 e. The summed E-state index contributed by atoms with van der Waals surface area (Å²) >= 11 is 0. The predicted molar refractivity (Wildman–Crippen MR) is 204 cm³/mol. The molecule has 10 unspecified atom stereocenters. The first-order valence-corrected chi connectivity index (χ1v) is 18.9. The topological polar surface area (TPSA) is 243 Å². The molecule has 1 aliphatic carbocycles. The van der Waals surface area contributed by atoms with Gasteiger partial charge >= 0.3 is 5.97 Å². The second kappa shape index (κ2) is 19.3. The van der Waals surface area contributed by atoms with Crippen LogP contribution in [0.4, 0.5) is 0 Å². The van der Waals surface area contributed by atoms with Gasteiger partial charge in [0.1, 0.15) is 48.8 Å². The average Bonchev–Trinajstić information content (AvgIpc) is 3.65. The number of hydrogen-bond acceptors (Lipinski definition) is 14. The van der Waals surface area contributed by atoms with E-state index >= 15 is 0 Å². The molecule has 2 heterocycles. The van der Waals surface area contributed by atoms with Crippen molar-refractivity contribution in [3.05, 3.63) is 125 Å². The summed E-state index contributed by atoms with van der Waals surface area (Å²) in [6.07, 6.45) is -6.61. The largest absolute Gasteiger partial charge is 0.456 e. The number of benzene rings is 3. The van der Waals surface area contributed by atoms with Crippen LogP contribution in [0.25, 0.3) is 6.08 Å². The Morgan fingerprint density at radius 2 is 1.60 bits per heavy atom. The molecular formula is C42H48N2O14. The number of amides is 2. The fourth-order valence-corrected chi connectivity index (χ4v) is 7.03. The van der Waals surface area contributed by atoms with Gasteiger partial charge in [-0.2, -0.15) is 0 Å². The molecule has 2 saturated heterocycles. The van der Waals surface area contributed by atoms with E-state index in [4.69, 9.17) is 28.8 Å². The van der Waals surface area contributed by atoms with Crippen molar-refractivity contribution in [2.45, 2.75) is 80.3 Å². The van der Waals surface area contributed by atoms with Gasteiger partial charge in [0.05, 0.1) is 31.5 Å². The van der Waals surface area contributed by atoms with Gasteiger partial charge in [-0.15, -0.1) is 0 Å². The molecule has 8 N–H and O–H groups in total. The number of hydrogen-bond donors (Lipinski definition) is 8. The Morgan fingerprint density at radius 3 is 2.24 bits per heavy atom. The number of aliphatic hydroxyl groups excluding tert-OH is 6. The van der Waals surface area contributed by atoms with E-state index in [9.17, 15) is 39.9 Å². The van der Waals surface area contributed by atoms with Crippen LogP contribution in [0.2, 0.25) is 0 Å². The first kappa shape index (κ1) is 42.7. The molecule has 3 aromatic rings. The summed E-state index contributed by atoms with van der Waals surface area (Å²) < 4.78 is 30.5. The van der Waals surface area contributed by atoms with E-state index in [2.05, 4.69) is 10.6 Å². The molecule has 2 aliphatic heterocycles. The molecule has 16 heteroatoms. The van der Waals surface area contributed by atoms with E-state index < -0.39 is 91.3 Å². The molecule has 0 spiro atoms. The van der Waals surface area contributed by atoms with Crippen LogP contribution < -0.4 is 10.6 Å². The first-order valence-electron chi connectivity index (χ1n) is 18.9. The Labute approximate surface area is 334 Å². The zero-order chi connectivity index (χ0) is 41.4. The second-order valence-electron chi connectivity index (χ2n) is 14.1. The van der Waals surface area contributed by atoms with Crippen molar-refractivity contribution < 1.29 is 68.7 Å². The molecule has 16 nitrogen and oxygen atoms in total. The number of carbonyl (C=O) groups is 3.